The number of hydrogen-bond acceptors (Lipinski definition) is 5. The van der Waals surface area contributed by atoms with Gasteiger partial charge in [0, 0.05) is 35.1 Å². The van der Waals surface area contributed by atoms with Gasteiger partial charge in [0.05, 0.1) is 18.5 Å². The molecule has 42 heavy (non-hydrogen) atoms. The van der Waals surface area contributed by atoms with Crippen LogP contribution in [0.5, 0.6) is 0 Å². The Balaban J connectivity index is 2.29. The second-order valence-electron chi connectivity index (χ2n) is 10.3. The summed E-state index contributed by atoms with van der Waals surface area (Å²) in [5.41, 5.74) is 12.6. The van der Waals surface area contributed by atoms with Crippen molar-refractivity contribution in [2.24, 2.45) is 17.4 Å². The summed E-state index contributed by atoms with van der Waals surface area (Å²) in [4.78, 5) is 53.8. The lowest BCUT2D eigenvalue weighted by atomic mass is 9.95. The first-order valence-electron chi connectivity index (χ1n) is 13.8. The van der Waals surface area contributed by atoms with Crippen molar-refractivity contribution in [2.75, 3.05) is 32.7 Å². The second kappa shape index (κ2) is 17.7. The summed E-state index contributed by atoms with van der Waals surface area (Å²) in [6.45, 7) is 3.33. The number of carbonyl (C=O) groups excluding carboxylic acids is 4. The zero-order valence-electron chi connectivity index (χ0n) is 23.9. The molecule has 1 aromatic rings. The minimum atomic E-state index is -0.850. The Labute approximate surface area is 267 Å². The van der Waals surface area contributed by atoms with Gasteiger partial charge in [-0.3, -0.25) is 19.2 Å². The van der Waals surface area contributed by atoms with Gasteiger partial charge < -0.3 is 26.6 Å². The van der Waals surface area contributed by atoms with Gasteiger partial charge in [0.1, 0.15) is 6.04 Å². The third-order valence-electron chi connectivity index (χ3n) is 6.86. The smallest absolute Gasteiger partial charge is 0.245 e. The first kappa shape index (κ1) is 35.9. The Morgan fingerprint density at radius 3 is 2.31 bits per heavy atom. The fourth-order valence-electron chi connectivity index (χ4n) is 4.55. The van der Waals surface area contributed by atoms with Crippen molar-refractivity contribution in [3.05, 3.63) is 56.6 Å². The molecule has 0 fully saturated rings. The van der Waals surface area contributed by atoms with Crippen LogP contribution in [0.3, 0.4) is 0 Å². The van der Waals surface area contributed by atoms with Crippen LogP contribution in [0, 0.1) is 5.92 Å². The third-order valence-corrected chi connectivity index (χ3v) is 8.33. The monoisotopic (exact) mass is 661 g/mol. The average Bonchev–Trinajstić information content (AvgIpc) is 2.91. The number of benzene rings is 1. The first-order chi connectivity index (χ1) is 19.8. The molecule has 0 aromatic heterocycles. The highest BCUT2D eigenvalue weighted by molar-refractivity contribution is 6.35. The molecule has 0 heterocycles. The van der Waals surface area contributed by atoms with Crippen LogP contribution in [0.1, 0.15) is 45.1 Å². The predicted octanol–water partition coefficient (Wildman–Crippen LogP) is 4.01. The number of unbranched alkanes of at least 4 members (excludes halogenated alkanes) is 1. The molecule has 0 bridgehead atoms. The standard InChI is InChI=1S/C29H39Cl4N5O4/c1-18-13-21(25(33)15-23(18)31)9-12-38(29(42)26(36-19(2)39)5-3-4-10-34)17-28(41)37(16-27(35)40)11-8-20-6-7-22(30)14-24(20)32/h6-7,13-15,18,23,26H,3-5,8-12,16-17,34H2,1-2H3,(H2,35,40)(H,36,39)/t18?,23?,26-/m0/s1. The van der Waals surface area contributed by atoms with E-state index in [0.717, 1.165) is 11.1 Å². The summed E-state index contributed by atoms with van der Waals surface area (Å²) in [5, 5.41) is 3.85. The minimum Gasteiger partial charge on any atom is -0.368 e. The lowest BCUT2D eigenvalue weighted by Gasteiger charge is -2.31. The Morgan fingerprint density at radius 2 is 1.69 bits per heavy atom. The Kier molecular flexibility index (Phi) is 15.2. The van der Waals surface area contributed by atoms with Crippen LogP contribution in [-0.4, -0.2) is 77.6 Å². The summed E-state index contributed by atoms with van der Waals surface area (Å²) in [5.74, 6) is -1.94. The quantitative estimate of drug-likeness (QED) is 0.181. The first-order valence-corrected chi connectivity index (χ1v) is 15.4. The molecule has 0 spiro atoms. The van der Waals surface area contributed by atoms with E-state index in [1.165, 1.54) is 16.7 Å². The summed E-state index contributed by atoms with van der Waals surface area (Å²) in [6.07, 6.45) is 6.03. The molecule has 2 unspecified atom stereocenters. The molecule has 0 saturated heterocycles. The van der Waals surface area contributed by atoms with E-state index in [-0.39, 0.29) is 43.4 Å². The number of primary amides is 1. The van der Waals surface area contributed by atoms with E-state index in [0.29, 0.717) is 53.7 Å². The van der Waals surface area contributed by atoms with E-state index in [1.54, 1.807) is 24.3 Å². The lowest BCUT2D eigenvalue weighted by molar-refractivity contribution is -0.143. The molecule has 232 valence electrons. The summed E-state index contributed by atoms with van der Waals surface area (Å²) in [6, 6.07) is 4.17. The number of alkyl halides is 1. The van der Waals surface area contributed by atoms with Crippen LogP contribution in [0.2, 0.25) is 10.0 Å². The third kappa shape index (κ3) is 11.8. The number of rotatable bonds is 16. The molecule has 0 radical (unpaired) electrons. The Hall–Kier alpha value is -2.30. The van der Waals surface area contributed by atoms with Crippen molar-refractivity contribution in [2.45, 2.75) is 57.4 Å². The van der Waals surface area contributed by atoms with Gasteiger partial charge in [-0.15, -0.1) is 11.6 Å². The van der Waals surface area contributed by atoms with Crippen molar-refractivity contribution < 1.29 is 19.2 Å². The van der Waals surface area contributed by atoms with Gasteiger partial charge in [0.2, 0.25) is 23.6 Å². The Bertz CT molecular complexity index is 1190. The molecule has 0 saturated carbocycles. The molecule has 5 N–H and O–H groups in total. The highest BCUT2D eigenvalue weighted by Gasteiger charge is 2.29. The second-order valence-corrected chi connectivity index (χ2v) is 12.1. The molecule has 2 rings (SSSR count). The number of hydrogen-bond donors (Lipinski definition) is 3. The molecule has 1 aromatic carbocycles. The number of amides is 4. The zero-order valence-corrected chi connectivity index (χ0v) is 26.9. The Morgan fingerprint density at radius 1 is 1.00 bits per heavy atom. The molecule has 0 aliphatic heterocycles. The maximum atomic E-state index is 13.8. The molecule has 1 aliphatic carbocycles. The van der Waals surface area contributed by atoms with Crippen molar-refractivity contribution in [1.29, 1.82) is 0 Å². The SMILES string of the molecule is CC(=O)N[C@@H](CCCCN)C(=O)N(CCC1=CC(C)C(Cl)C=C1Cl)CC(=O)N(CCc1ccc(Cl)cc1Cl)CC(N)=O. The lowest BCUT2D eigenvalue weighted by Crippen LogP contribution is -2.52. The molecular formula is C29H39Cl4N5O4. The topological polar surface area (TPSA) is 139 Å². The van der Waals surface area contributed by atoms with Gasteiger partial charge in [0.15, 0.2) is 0 Å². The van der Waals surface area contributed by atoms with Crippen molar-refractivity contribution in [3.8, 4) is 0 Å². The van der Waals surface area contributed by atoms with Crippen LogP contribution in [0.25, 0.3) is 0 Å². The van der Waals surface area contributed by atoms with Crippen LogP contribution >= 0.6 is 46.4 Å². The highest BCUT2D eigenvalue weighted by Crippen LogP contribution is 2.31. The van der Waals surface area contributed by atoms with Crippen LogP contribution in [0.4, 0.5) is 0 Å². The largest absolute Gasteiger partial charge is 0.368 e. The van der Waals surface area contributed by atoms with Crippen LogP contribution in [-0.2, 0) is 25.6 Å². The van der Waals surface area contributed by atoms with Gasteiger partial charge in [-0.25, -0.2) is 0 Å². The van der Waals surface area contributed by atoms with Crippen molar-refractivity contribution in [1.82, 2.24) is 15.1 Å². The average molecular weight is 663 g/mol. The number of nitrogens with one attached hydrogen (secondary N) is 1. The number of nitrogens with two attached hydrogens (primary N) is 2. The molecule has 3 atom stereocenters. The van der Waals surface area contributed by atoms with E-state index >= 15 is 0 Å². The number of nitrogens with zero attached hydrogens (tertiary/aromatic N) is 2. The molecule has 4 amide bonds. The van der Waals surface area contributed by atoms with E-state index in [2.05, 4.69) is 5.32 Å². The summed E-state index contributed by atoms with van der Waals surface area (Å²) in [7, 11) is 0. The molecule has 13 heteroatoms. The number of halogens is 4. The van der Waals surface area contributed by atoms with Crippen molar-refractivity contribution >= 4 is 70.0 Å². The molecule has 9 nitrogen and oxygen atoms in total. The van der Waals surface area contributed by atoms with Gasteiger partial charge in [0.25, 0.3) is 0 Å². The number of allylic oxidation sites excluding steroid dienone is 3. The molecular weight excluding hydrogens is 624 g/mol. The maximum Gasteiger partial charge on any atom is 0.245 e. The van der Waals surface area contributed by atoms with Gasteiger partial charge in [-0.2, -0.15) is 0 Å². The zero-order chi connectivity index (χ0) is 31.4. The fourth-order valence-corrected chi connectivity index (χ4v) is 5.61. The molecule has 1 aliphatic rings. The summed E-state index contributed by atoms with van der Waals surface area (Å²) < 4.78 is 0. The maximum absolute atomic E-state index is 13.8. The van der Waals surface area contributed by atoms with E-state index in [4.69, 9.17) is 57.9 Å². The van der Waals surface area contributed by atoms with Crippen LogP contribution < -0.4 is 16.8 Å². The van der Waals surface area contributed by atoms with E-state index in [1.807, 2.05) is 13.0 Å². The van der Waals surface area contributed by atoms with E-state index in [9.17, 15) is 19.2 Å². The predicted molar refractivity (Wildman–Crippen MR) is 168 cm³/mol. The van der Waals surface area contributed by atoms with Crippen molar-refractivity contribution in [3.63, 3.8) is 0 Å². The fraction of sp³-hybridized carbons (Fsp3) is 0.517. The normalized spacial score (nSPS) is 17.1. The minimum absolute atomic E-state index is 0.0316. The van der Waals surface area contributed by atoms with Crippen LogP contribution in [0.15, 0.2) is 41.0 Å². The van der Waals surface area contributed by atoms with E-state index < -0.39 is 23.8 Å². The highest BCUT2D eigenvalue weighted by atomic mass is 35.5. The van der Waals surface area contributed by atoms with Gasteiger partial charge in [-0.05, 0) is 73.9 Å². The van der Waals surface area contributed by atoms with Gasteiger partial charge in [-0.1, -0.05) is 53.9 Å². The van der Waals surface area contributed by atoms with Gasteiger partial charge >= 0.3 is 0 Å². The number of carbonyl (C=O) groups is 4. The summed E-state index contributed by atoms with van der Waals surface area (Å²) >= 11 is 25.0.